The Balaban J connectivity index is 1.83. The molecule has 2 aliphatic rings. The molecule has 0 aromatic heterocycles. The Kier molecular flexibility index (Phi) is 4.29. The third-order valence-electron chi connectivity index (χ3n) is 4.46. The molecule has 122 valence electrons. The van der Waals surface area contributed by atoms with Crippen LogP contribution in [0, 0.1) is 0 Å². The van der Waals surface area contributed by atoms with Crippen molar-refractivity contribution >= 4 is 10.0 Å². The van der Waals surface area contributed by atoms with E-state index in [9.17, 15) is 8.42 Å². The van der Waals surface area contributed by atoms with E-state index in [2.05, 4.69) is 10.0 Å². The van der Waals surface area contributed by atoms with Gasteiger partial charge >= 0.3 is 0 Å². The predicted molar refractivity (Wildman–Crippen MR) is 82.8 cm³/mol. The van der Waals surface area contributed by atoms with Crippen LogP contribution in [0.15, 0.2) is 23.1 Å². The van der Waals surface area contributed by atoms with Crippen molar-refractivity contribution in [1.82, 2.24) is 10.0 Å². The molecule has 1 aromatic carbocycles. The van der Waals surface area contributed by atoms with Gasteiger partial charge in [-0.1, -0.05) is 0 Å². The van der Waals surface area contributed by atoms with Crippen LogP contribution in [0.4, 0.5) is 0 Å². The zero-order valence-corrected chi connectivity index (χ0v) is 13.7. The van der Waals surface area contributed by atoms with Gasteiger partial charge in [0.2, 0.25) is 10.0 Å². The van der Waals surface area contributed by atoms with Gasteiger partial charge in [0.1, 0.15) is 16.4 Å². The summed E-state index contributed by atoms with van der Waals surface area (Å²) in [4.78, 5) is 0.125. The molecule has 2 fully saturated rings. The molecule has 2 heterocycles. The molecule has 0 radical (unpaired) electrons. The lowest BCUT2D eigenvalue weighted by atomic mass is 10.0. The van der Waals surface area contributed by atoms with E-state index in [1.807, 2.05) is 0 Å². The van der Waals surface area contributed by atoms with E-state index in [0.29, 0.717) is 23.6 Å². The highest BCUT2D eigenvalue weighted by Crippen LogP contribution is 2.31. The van der Waals surface area contributed by atoms with E-state index < -0.39 is 10.0 Å². The highest BCUT2D eigenvalue weighted by atomic mass is 32.2. The lowest BCUT2D eigenvalue weighted by Gasteiger charge is -2.29. The fourth-order valence-corrected chi connectivity index (χ4v) is 4.88. The maximum atomic E-state index is 12.7. The summed E-state index contributed by atoms with van der Waals surface area (Å²) in [5.41, 5.74) is 0. The van der Waals surface area contributed by atoms with Crippen molar-refractivity contribution in [3.05, 3.63) is 18.2 Å². The molecule has 2 aliphatic heterocycles. The standard InChI is InChI=1S/C15H22N2O4S/c1-20-13-5-6-14(21-2)15(9-13)22(18,19)17-12-7-10-3-4-11(8-12)16-10/h5-6,9-12,16-17H,3-4,7-8H2,1-2H3. The fourth-order valence-electron chi connectivity index (χ4n) is 3.43. The summed E-state index contributed by atoms with van der Waals surface area (Å²) in [5.74, 6) is 0.816. The van der Waals surface area contributed by atoms with Gasteiger partial charge in [-0.05, 0) is 37.8 Å². The van der Waals surface area contributed by atoms with E-state index in [1.165, 1.54) is 20.3 Å². The summed E-state index contributed by atoms with van der Waals surface area (Å²) in [5, 5.41) is 3.51. The Morgan fingerprint density at radius 3 is 2.41 bits per heavy atom. The van der Waals surface area contributed by atoms with Crippen molar-refractivity contribution in [3.8, 4) is 11.5 Å². The number of nitrogens with one attached hydrogen (secondary N) is 2. The highest BCUT2D eigenvalue weighted by molar-refractivity contribution is 7.89. The summed E-state index contributed by atoms with van der Waals surface area (Å²) >= 11 is 0. The van der Waals surface area contributed by atoms with Crippen LogP contribution >= 0.6 is 0 Å². The van der Waals surface area contributed by atoms with E-state index in [0.717, 1.165) is 25.7 Å². The minimum absolute atomic E-state index is 0.0281. The Bertz CT molecular complexity index is 635. The van der Waals surface area contributed by atoms with E-state index >= 15 is 0 Å². The lowest BCUT2D eigenvalue weighted by Crippen LogP contribution is -2.47. The number of ether oxygens (including phenoxy) is 2. The zero-order valence-electron chi connectivity index (χ0n) is 12.8. The van der Waals surface area contributed by atoms with Crippen molar-refractivity contribution in [1.29, 1.82) is 0 Å². The maximum Gasteiger partial charge on any atom is 0.244 e. The quantitative estimate of drug-likeness (QED) is 0.852. The second-order valence-electron chi connectivity index (χ2n) is 5.94. The van der Waals surface area contributed by atoms with Crippen LogP contribution in [-0.4, -0.2) is 40.8 Å². The molecule has 0 amide bonds. The molecule has 2 atom stereocenters. The highest BCUT2D eigenvalue weighted by Gasteiger charge is 2.36. The molecular weight excluding hydrogens is 304 g/mol. The van der Waals surface area contributed by atoms with E-state index in [1.54, 1.807) is 12.1 Å². The minimum Gasteiger partial charge on any atom is -0.497 e. The van der Waals surface area contributed by atoms with E-state index in [4.69, 9.17) is 9.47 Å². The van der Waals surface area contributed by atoms with Crippen LogP contribution < -0.4 is 19.5 Å². The van der Waals surface area contributed by atoms with Gasteiger partial charge in [0.25, 0.3) is 0 Å². The summed E-state index contributed by atoms with van der Waals surface area (Å²) in [6.07, 6.45) is 3.93. The number of piperidine rings is 1. The van der Waals surface area contributed by atoms with E-state index in [-0.39, 0.29) is 10.9 Å². The van der Waals surface area contributed by atoms with Crippen LogP contribution in [0.5, 0.6) is 11.5 Å². The molecule has 1 aromatic rings. The summed E-state index contributed by atoms with van der Waals surface area (Å²) in [6.45, 7) is 0. The van der Waals surface area contributed by atoms with Gasteiger partial charge in [-0.25, -0.2) is 13.1 Å². The smallest absolute Gasteiger partial charge is 0.244 e. The second kappa shape index (κ2) is 6.06. The van der Waals surface area contributed by atoms with Crippen molar-refractivity contribution in [2.45, 2.75) is 48.7 Å². The first kappa shape index (κ1) is 15.6. The fraction of sp³-hybridized carbons (Fsp3) is 0.600. The number of fused-ring (bicyclic) bond motifs is 2. The third kappa shape index (κ3) is 3.06. The average Bonchev–Trinajstić information content (AvgIpc) is 2.85. The maximum absolute atomic E-state index is 12.7. The summed E-state index contributed by atoms with van der Waals surface area (Å²) < 4.78 is 38.6. The number of hydrogen-bond acceptors (Lipinski definition) is 5. The van der Waals surface area contributed by atoms with Crippen molar-refractivity contribution in [2.24, 2.45) is 0 Å². The van der Waals surface area contributed by atoms with Crippen LogP contribution in [0.25, 0.3) is 0 Å². The molecule has 0 spiro atoms. The predicted octanol–water partition coefficient (Wildman–Crippen LogP) is 1.27. The first-order valence-corrected chi connectivity index (χ1v) is 9.00. The Hall–Kier alpha value is -1.31. The molecule has 2 bridgehead atoms. The number of methoxy groups -OCH3 is 2. The molecule has 2 unspecified atom stereocenters. The van der Waals surface area contributed by atoms with Crippen molar-refractivity contribution in [3.63, 3.8) is 0 Å². The lowest BCUT2D eigenvalue weighted by molar-refractivity contribution is 0.344. The second-order valence-corrected chi connectivity index (χ2v) is 7.63. The average molecular weight is 326 g/mol. The molecule has 0 saturated carbocycles. The summed E-state index contributed by atoms with van der Waals surface area (Å²) in [7, 11) is -0.663. The Morgan fingerprint density at radius 2 is 1.82 bits per heavy atom. The Morgan fingerprint density at radius 1 is 1.14 bits per heavy atom. The van der Waals surface area contributed by atoms with Gasteiger partial charge in [0.05, 0.1) is 14.2 Å². The minimum atomic E-state index is -3.64. The van der Waals surface area contributed by atoms with Gasteiger partial charge in [-0.3, -0.25) is 0 Å². The largest absolute Gasteiger partial charge is 0.497 e. The van der Waals surface area contributed by atoms with Gasteiger partial charge in [0, 0.05) is 24.2 Å². The number of hydrogen-bond donors (Lipinski definition) is 2. The molecule has 3 rings (SSSR count). The van der Waals surface area contributed by atoms with Crippen LogP contribution in [0.1, 0.15) is 25.7 Å². The monoisotopic (exact) mass is 326 g/mol. The first-order chi connectivity index (χ1) is 10.5. The number of rotatable bonds is 5. The van der Waals surface area contributed by atoms with Crippen LogP contribution in [-0.2, 0) is 10.0 Å². The summed E-state index contributed by atoms with van der Waals surface area (Å²) in [6, 6.07) is 5.62. The third-order valence-corrected chi connectivity index (χ3v) is 6.00. The molecule has 2 saturated heterocycles. The molecule has 22 heavy (non-hydrogen) atoms. The van der Waals surface area contributed by atoms with Crippen molar-refractivity contribution in [2.75, 3.05) is 14.2 Å². The van der Waals surface area contributed by atoms with Crippen LogP contribution in [0.3, 0.4) is 0 Å². The zero-order chi connectivity index (χ0) is 15.7. The SMILES string of the molecule is COc1ccc(OC)c(S(=O)(=O)NC2CC3CCC(C2)N3)c1. The molecule has 7 heteroatoms. The number of sulfonamides is 1. The molecule has 2 N–H and O–H groups in total. The van der Waals surface area contributed by atoms with Gasteiger partial charge in [-0.2, -0.15) is 0 Å². The molecular formula is C15H22N2O4S. The normalized spacial score (nSPS) is 27.6. The van der Waals surface area contributed by atoms with Crippen LogP contribution in [0.2, 0.25) is 0 Å². The first-order valence-electron chi connectivity index (χ1n) is 7.52. The van der Waals surface area contributed by atoms with Crippen molar-refractivity contribution < 1.29 is 17.9 Å². The topological polar surface area (TPSA) is 76.7 Å². The van der Waals surface area contributed by atoms with Gasteiger partial charge < -0.3 is 14.8 Å². The Labute approximate surface area is 131 Å². The molecule has 0 aliphatic carbocycles. The molecule has 6 nitrogen and oxygen atoms in total. The van der Waals surface area contributed by atoms with Gasteiger partial charge in [0.15, 0.2) is 0 Å². The van der Waals surface area contributed by atoms with Gasteiger partial charge in [-0.15, -0.1) is 0 Å². The number of benzene rings is 1.